The van der Waals surface area contributed by atoms with Gasteiger partial charge in [-0.1, -0.05) is 12.1 Å². The molecule has 1 aromatic carbocycles. The van der Waals surface area contributed by atoms with Crippen LogP contribution in [0, 0.1) is 0 Å². The summed E-state index contributed by atoms with van der Waals surface area (Å²) in [5.74, 6) is -0.227. The van der Waals surface area contributed by atoms with Gasteiger partial charge in [0, 0.05) is 35.6 Å². The number of anilines is 1. The van der Waals surface area contributed by atoms with E-state index in [-0.39, 0.29) is 17.8 Å². The maximum atomic E-state index is 12.5. The number of rotatable bonds is 6. The minimum atomic E-state index is -0.220. The Kier molecular flexibility index (Phi) is 4.66. The number of aromatic amines is 1. The van der Waals surface area contributed by atoms with Gasteiger partial charge in [-0.3, -0.25) is 14.5 Å². The molecule has 4 aromatic rings. The molecule has 1 aliphatic heterocycles. The van der Waals surface area contributed by atoms with E-state index < -0.39 is 0 Å². The number of benzene rings is 1. The molecule has 0 unspecified atom stereocenters. The first-order valence-corrected chi connectivity index (χ1v) is 10.1. The van der Waals surface area contributed by atoms with Crippen molar-refractivity contribution in [2.24, 2.45) is 0 Å². The predicted octanol–water partition coefficient (Wildman–Crippen LogP) is 3.22. The second-order valence-corrected chi connectivity index (χ2v) is 7.47. The van der Waals surface area contributed by atoms with Crippen molar-refractivity contribution in [3.8, 4) is 11.3 Å². The van der Waals surface area contributed by atoms with Gasteiger partial charge in [0.05, 0.1) is 16.8 Å². The number of carbonyl (C=O) groups is 2. The van der Waals surface area contributed by atoms with E-state index >= 15 is 0 Å². The number of amides is 2. The van der Waals surface area contributed by atoms with Gasteiger partial charge in [0.1, 0.15) is 5.65 Å². The summed E-state index contributed by atoms with van der Waals surface area (Å²) in [6.45, 7) is 0.383. The van der Waals surface area contributed by atoms with E-state index in [0.717, 1.165) is 34.4 Å². The van der Waals surface area contributed by atoms with Crippen LogP contribution in [0.3, 0.4) is 0 Å². The van der Waals surface area contributed by atoms with Gasteiger partial charge in [-0.25, -0.2) is 15.0 Å². The van der Waals surface area contributed by atoms with E-state index in [2.05, 4.69) is 19.9 Å². The summed E-state index contributed by atoms with van der Waals surface area (Å²) in [5, 5.41) is 0.970. The molecule has 8 nitrogen and oxygen atoms in total. The standard InChI is InChI=1S/C23H20N6O2/c24-23-27-14(12-19(28-23)18-13-26-20-15(18)9-5-10-25-20)6-3-4-11-29-21(30)16-7-1-2-8-17(16)22(29)31/h1-2,5,7-10,12-13H,3-4,6,11H2,(H,25,26)(H2,24,27,28). The maximum Gasteiger partial charge on any atom is 0.261 e. The molecule has 2 amide bonds. The molecule has 0 aliphatic carbocycles. The fourth-order valence-electron chi connectivity index (χ4n) is 3.97. The van der Waals surface area contributed by atoms with E-state index in [0.29, 0.717) is 30.5 Å². The van der Waals surface area contributed by atoms with Crippen molar-refractivity contribution in [1.82, 2.24) is 24.8 Å². The molecule has 154 valence electrons. The fraction of sp³-hybridized carbons (Fsp3) is 0.174. The molecule has 3 N–H and O–H groups in total. The number of nitrogens with zero attached hydrogens (tertiary/aromatic N) is 4. The zero-order valence-electron chi connectivity index (χ0n) is 16.7. The summed E-state index contributed by atoms with van der Waals surface area (Å²) in [7, 11) is 0. The van der Waals surface area contributed by atoms with Crippen LogP contribution in [0.4, 0.5) is 5.95 Å². The number of nitrogens with two attached hydrogens (primary N) is 1. The van der Waals surface area contributed by atoms with Gasteiger partial charge < -0.3 is 10.7 Å². The van der Waals surface area contributed by atoms with E-state index in [1.54, 1.807) is 30.5 Å². The summed E-state index contributed by atoms with van der Waals surface area (Å²) in [5.41, 5.74) is 10.2. The summed E-state index contributed by atoms with van der Waals surface area (Å²) < 4.78 is 0. The van der Waals surface area contributed by atoms with Gasteiger partial charge in [0.15, 0.2) is 0 Å². The monoisotopic (exact) mass is 412 g/mol. The minimum absolute atomic E-state index is 0.214. The minimum Gasteiger partial charge on any atom is -0.368 e. The topological polar surface area (TPSA) is 118 Å². The number of carbonyl (C=O) groups excluding carboxylic acids is 2. The Hall–Kier alpha value is -4.07. The molecule has 0 fully saturated rings. The molecular formula is C23H20N6O2. The Morgan fingerprint density at radius 3 is 2.48 bits per heavy atom. The second-order valence-electron chi connectivity index (χ2n) is 7.47. The number of imide groups is 1. The highest BCUT2D eigenvalue weighted by atomic mass is 16.2. The Labute approximate surface area is 178 Å². The number of hydrogen-bond donors (Lipinski definition) is 2. The summed E-state index contributed by atoms with van der Waals surface area (Å²) >= 11 is 0. The number of H-pyrrole nitrogens is 1. The number of nitrogen functional groups attached to an aromatic ring is 1. The maximum absolute atomic E-state index is 12.5. The van der Waals surface area contributed by atoms with Crippen LogP contribution in [-0.2, 0) is 6.42 Å². The van der Waals surface area contributed by atoms with E-state index in [1.807, 2.05) is 24.4 Å². The average Bonchev–Trinajstić information content (AvgIpc) is 3.31. The van der Waals surface area contributed by atoms with Gasteiger partial charge >= 0.3 is 0 Å². The third-order valence-corrected chi connectivity index (χ3v) is 5.47. The normalized spacial score (nSPS) is 13.2. The van der Waals surface area contributed by atoms with Crippen molar-refractivity contribution in [2.45, 2.75) is 19.3 Å². The Balaban J connectivity index is 1.26. The smallest absolute Gasteiger partial charge is 0.261 e. The number of unbranched alkanes of at least 4 members (excludes halogenated alkanes) is 1. The van der Waals surface area contributed by atoms with Crippen LogP contribution in [0.25, 0.3) is 22.3 Å². The summed E-state index contributed by atoms with van der Waals surface area (Å²) in [6.07, 6.45) is 5.71. The first-order valence-electron chi connectivity index (χ1n) is 10.1. The van der Waals surface area contributed by atoms with Crippen molar-refractivity contribution < 1.29 is 9.59 Å². The molecular weight excluding hydrogens is 392 g/mol. The van der Waals surface area contributed by atoms with Gasteiger partial charge in [-0.2, -0.15) is 0 Å². The second kappa shape index (κ2) is 7.64. The van der Waals surface area contributed by atoms with Crippen molar-refractivity contribution in [2.75, 3.05) is 12.3 Å². The average molecular weight is 412 g/mol. The van der Waals surface area contributed by atoms with Crippen LogP contribution in [0.2, 0.25) is 0 Å². The molecule has 0 spiro atoms. The Bertz CT molecular complexity index is 1280. The SMILES string of the molecule is Nc1nc(CCCCN2C(=O)c3ccccc3C2=O)cc(-c2c[nH]c3ncccc23)n1. The summed E-state index contributed by atoms with van der Waals surface area (Å²) in [4.78, 5) is 42.4. The lowest BCUT2D eigenvalue weighted by Crippen LogP contribution is -2.30. The lowest BCUT2D eigenvalue weighted by Gasteiger charge is -2.13. The molecule has 0 atom stereocenters. The lowest BCUT2D eigenvalue weighted by molar-refractivity contribution is 0.0652. The van der Waals surface area contributed by atoms with Crippen molar-refractivity contribution in [3.63, 3.8) is 0 Å². The molecule has 5 rings (SSSR count). The van der Waals surface area contributed by atoms with Crippen LogP contribution in [0.15, 0.2) is 54.9 Å². The van der Waals surface area contributed by atoms with Gasteiger partial charge in [0.2, 0.25) is 5.95 Å². The zero-order valence-corrected chi connectivity index (χ0v) is 16.7. The highest BCUT2D eigenvalue weighted by Gasteiger charge is 2.34. The molecule has 0 radical (unpaired) electrons. The first kappa shape index (κ1) is 18.9. The van der Waals surface area contributed by atoms with Gasteiger partial charge in [-0.15, -0.1) is 0 Å². The number of aryl methyl sites for hydroxylation is 1. The number of nitrogens with one attached hydrogen (secondary N) is 1. The Morgan fingerprint density at radius 1 is 0.935 bits per heavy atom. The molecule has 8 heteroatoms. The third kappa shape index (κ3) is 3.42. The first-order chi connectivity index (χ1) is 15.1. The van der Waals surface area contributed by atoms with E-state index in [9.17, 15) is 9.59 Å². The molecule has 0 saturated heterocycles. The highest BCUT2D eigenvalue weighted by molar-refractivity contribution is 6.21. The van der Waals surface area contributed by atoms with Crippen LogP contribution in [0.5, 0.6) is 0 Å². The van der Waals surface area contributed by atoms with Crippen LogP contribution < -0.4 is 5.73 Å². The van der Waals surface area contributed by atoms with Crippen LogP contribution in [0.1, 0.15) is 39.3 Å². The van der Waals surface area contributed by atoms with Crippen LogP contribution in [-0.4, -0.2) is 43.2 Å². The number of fused-ring (bicyclic) bond motifs is 2. The molecule has 4 heterocycles. The van der Waals surface area contributed by atoms with Gasteiger partial charge in [0.25, 0.3) is 11.8 Å². The number of aromatic nitrogens is 4. The largest absolute Gasteiger partial charge is 0.368 e. The van der Waals surface area contributed by atoms with Crippen molar-refractivity contribution in [3.05, 3.63) is 71.7 Å². The van der Waals surface area contributed by atoms with Crippen molar-refractivity contribution >= 4 is 28.8 Å². The fourth-order valence-corrected chi connectivity index (χ4v) is 3.97. The van der Waals surface area contributed by atoms with Crippen molar-refractivity contribution in [1.29, 1.82) is 0 Å². The highest BCUT2D eigenvalue weighted by Crippen LogP contribution is 2.27. The number of pyridine rings is 1. The van der Waals surface area contributed by atoms with Gasteiger partial charge in [-0.05, 0) is 49.6 Å². The Morgan fingerprint density at radius 2 is 1.71 bits per heavy atom. The molecule has 1 aliphatic rings. The molecule has 31 heavy (non-hydrogen) atoms. The predicted molar refractivity (Wildman–Crippen MR) is 116 cm³/mol. The van der Waals surface area contributed by atoms with E-state index in [1.165, 1.54) is 4.90 Å². The number of hydrogen-bond acceptors (Lipinski definition) is 6. The molecule has 0 bridgehead atoms. The van der Waals surface area contributed by atoms with Crippen LogP contribution >= 0.6 is 0 Å². The van der Waals surface area contributed by atoms with E-state index in [4.69, 9.17) is 5.73 Å². The molecule has 3 aromatic heterocycles. The molecule has 0 saturated carbocycles. The zero-order chi connectivity index (χ0) is 21.4. The summed E-state index contributed by atoms with van der Waals surface area (Å²) in [6, 6.07) is 12.7. The lowest BCUT2D eigenvalue weighted by atomic mass is 10.1. The third-order valence-electron chi connectivity index (χ3n) is 5.47. The quantitative estimate of drug-likeness (QED) is 0.371.